The van der Waals surface area contributed by atoms with E-state index >= 15 is 0 Å². The van der Waals surface area contributed by atoms with Crippen molar-refractivity contribution < 1.29 is 13.7 Å². The van der Waals surface area contributed by atoms with Gasteiger partial charge >= 0.3 is 0 Å². The summed E-state index contributed by atoms with van der Waals surface area (Å²) in [4.78, 5) is 14.5. The van der Waals surface area contributed by atoms with E-state index in [0.717, 1.165) is 80.9 Å². The smallest absolute Gasteiger partial charge is 0.0705 e. The third kappa shape index (κ3) is 12.2. The van der Waals surface area contributed by atoms with Crippen LogP contribution in [0.4, 0.5) is 0 Å². The molecule has 86 heavy (non-hydrogen) atoms. The predicted molar refractivity (Wildman–Crippen MR) is 364 cm³/mol. The summed E-state index contributed by atoms with van der Waals surface area (Å²) in [5.74, 6) is 0.416. The third-order valence-electron chi connectivity index (χ3n) is 17.7. The van der Waals surface area contributed by atoms with Crippen LogP contribution in [0.1, 0.15) is 158 Å². The molecule has 2 atom stereocenters. The van der Waals surface area contributed by atoms with Crippen LogP contribution in [0.5, 0.6) is 0 Å². The van der Waals surface area contributed by atoms with Gasteiger partial charge in [0.1, 0.15) is 0 Å². The summed E-state index contributed by atoms with van der Waals surface area (Å²) < 4.78 is 84.3. The number of hydrogen-bond acceptors (Lipinski definition) is 3. The summed E-state index contributed by atoms with van der Waals surface area (Å²) in [5, 5.41) is 0. The Morgan fingerprint density at radius 3 is 1.07 bits per heavy atom. The second-order valence-corrected chi connectivity index (χ2v) is 26.7. The molecule has 0 amide bonds. The molecule has 1 aliphatic carbocycles. The van der Waals surface area contributed by atoms with E-state index in [1.165, 1.54) is 50.1 Å². The maximum absolute atomic E-state index is 8.67. The van der Waals surface area contributed by atoms with Gasteiger partial charge in [0.15, 0.2) is 0 Å². The van der Waals surface area contributed by atoms with E-state index in [1.54, 1.807) is 12.4 Å². The summed E-state index contributed by atoms with van der Waals surface area (Å²) in [7, 11) is 0. The highest BCUT2D eigenvalue weighted by atomic mass is 14.7. The van der Waals surface area contributed by atoms with Gasteiger partial charge in [0, 0.05) is 46.4 Å². The molecule has 1 aliphatic rings. The van der Waals surface area contributed by atoms with Crippen molar-refractivity contribution in [2.24, 2.45) is 0 Å². The Morgan fingerprint density at radius 1 is 0.326 bits per heavy atom. The van der Waals surface area contributed by atoms with Gasteiger partial charge in [-0.05, 0) is 180 Å². The lowest BCUT2D eigenvalue weighted by molar-refractivity contribution is 0.352. The average molecular weight is 1130 g/mol. The van der Waals surface area contributed by atoms with Gasteiger partial charge in [-0.3, -0.25) is 15.0 Å². The molecule has 3 heterocycles. The molecule has 0 spiro atoms. The molecule has 3 heteroatoms. The number of pyridine rings is 3. The maximum Gasteiger partial charge on any atom is 0.0705 e. The fourth-order valence-electron chi connectivity index (χ4n) is 12.7. The highest BCUT2D eigenvalue weighted by Crippen LogP contribution is 2.53. The van der Waals surface area contributed by atoms with Crippen molar-refractivity contribution in [3.05, 3.63) is 281 Å². The average Bonchev–Trinajstić information content (AvgIpc) is 0.780. The minimum atomic E-state index is -0.425. The number of nitrogens with zero attached hydrogens (tertiary/aromatic N) is 3. The van der Waals surface area contributed by atoms with Crippen molar-refractivity contribution in [3.8, 4) is 89.4 Å². The zero-order chi connectivity index (χ0) is 68.6. The summed E-state index contributed by atoms with van der Waals surface area (Å²) in [6.45, 7) is 24.1. The summed E-state index contributed by atoms with van der Waals surface area (Å²) in [6, 6.07) is 54.3. The Morgan fingerprint density at radius 2 is 0.674 bits per heavy atom. The lowest BCUT2D eigenvalue weighted by atomic mass is 9.65. The minimum Gasteiger partial charge on any atom is -0.256 e. The second-order valence-electron chi connectivity index (χ2n) is 26.7. The lowest BCUT2D eigenvalue weighted by Crippen LogP contribution is -2.22. The van der Waals surface area contributed by atoms with Crippen molar-refractivity contribution in [3.63, 3.8) is 0 Å². The second kappa shape index (κ2) is 23.6. The fourth-order valence-corrected chi connectivity index (χ4v) is 12.7. The molecule has 0 radical (unpaired) electrons. The highest BCUT2D eigenvalue weighted by molar-refractivity contribution is 5.78. The van der Waals surface area contributed by atoms with Crippen molar-refractivity contribution in [1.29, 1.82) is 0 Å². The normalized spacial score (nSPS) is 17.2. The quantitative estimate of drug-likeness (QED) is 0.130. The van der Waals surface area contributed by atoms with Crippen LogP contribution in [0.25, 0.3) is 89.4 Å². The number of aryl methyl sites for hydroxylation is 2. The Kier molecular flexibility index (Phi) is 12.7. The van der Waals surface area contributed by atoms with Crippen LogP contribution in [0.15, 0.2) is 237 Å². The number of aromatic nitrogens is 3. The molecular formula is C83H81N3. The van der Waals surface area contributed by atoms with E-state index in [1.807, 2.05) is 32.2 Å². The summed E-state index contributed by atoms with van der Waals surface area (Å²) in [6.07, 6.45) is 7.91. The highest BCUT2D eigenvalue weighted by Gasteiger charge is 2.36. The van der Waals surface area contributed by atoms with Crippen LogP contribution in [0.3, 0.4) is 0 Å². The van der Waals surface area contributed by atoms with E-state index < -0.39 is 12.1 Å². The Bertz CT molecular complexity index is 4530. The Hall–Kier alpha value is -8.79. The molecule has 2 unspecified atom stereocenters. The van der Waals surface area contributed by atoms with Crippen LogP contribution in [0.2, 0.25) is 0 Å². The van der Waals surface area contributed by atoms with E-state index in [4.69, 9.17) is 28.7 Å². The van der Waals surface area contributed by atoms with E-state index in [9.17, 15) is 0 Å². The van der Waals surface area contributed by atoms with E-state index in [0.29, 0.717) is 11.1 Å². The van der Waals surface area contributed by atoms with Crippen LogP contribution in [-0.2, 0) is 16.2 Å². The molecule has 3 aromatic heterocycles. The van der Waals surface area contributed by atoms with Crippen LogP contribution in [0, 0.1) is 13.8 Å². The first-order valence-corrected chi connectivity index (χ1v) is 30.2. The van der Waals surface area contributed by atoms with Crippen molar-refractivity contribution in [2.75, 3.05) is 0 Å². The molecule has 0 bridgehead atoms. The molecule has 1 fully saturated rings. The van der Waals surface area contributed by atoms with Crippen LogP contribution >= 0.6 is 0 Å². The molecule has 0 saturated heterocycles. The zero-order valence-corrected chi connectivity index (χ0v) is 51.4. The molecule has 11 aromatic rings. The van der Waals surface area contributed by atoms with Crippen molar-refractivity contribution >= 4 is 0 Å². The first-order valence-electron chi connectivity index (χ1n) is 35.2. The van der Waals surface area contributed by atoms with E-state index in [-0.39, 0.29) is 93.5 Å². The van der Waals surface area contributed by atoms with Gasteiger partial charge in [0.2, 0.25) is 0 Å². The largest absolute Gasteiger partial charge is 0.256 e. The van der Waals surface area contributed by atoms with Crippen molar-refractivity contribution in [1.82, 2.24) is 15.0 Å². The molecular weight excluding hydrogens is 1040 g/mol. The fraction of sp³-hybridized carbons (Fsp3) is 0.241. The predicted octanol–water partition coefficient (Wildman–Crippen LogP) is 22.6. The minimum absolute atomic E-state index is 0.0121. The SMILES string of the molecule is [2H]c1c([2H])c([2H])c(-c2cnc(-c3ccc(-c4cc(C(C)(C)C)ccc4C4CC(c5ccccc5-c5ccc(-c6cc(C(C)(C)C)ccn6)cc5)CC(c5ccc(C(C)(C)C)cc5-c5ccc(-c6cc(C)c(-c7c([2H])c([2H])c([2H])c([2H])c7[2H])cn6)cc5)C4)cc3)cc2C)c([2H])c1[2H]. The van der Waals surface area contributed by atoms with Gasteiger partial charge in [-0.2, -0.15) is 0 Å². The number of hydrogen-bond donors (Lipinski definition) is 0. The van der Waals surface area contributed by atoms with Gasteiger partial charge in [-0.25, -0.2) is 0 Å². The van der Waals surface area contributed by atoms with Gasteiger partial charge in [-0.15, -0.1) is 0 Å². The van der Waals surface area contributed by atoms with Crippen LogP contribution in [-0.4, -0.2) is 15.0 Å². The molecule has 428 valence electrons. The molecule has 0 N–H and O–H groups in total. The Balaban J connectivity index is 0.955. The lowest BCUT2D eigenvalue weighted by Gasteiger charge is -2.39. The molecule has 0 aliphatic heterocycles. The first kappa shape index (κ1) is 46.5. The number of benzene rings is 8. The van der Waals surface area contributed by atoms with Crippen LogP contribution < -0.4 is 0 Å². The Labute approximate surface area is 526 Å². The summed E-state index contributed by atoms with van der Waals surface area (Å²) >= 11 is 0. The van der Waals surface area contributed by atoms with E-state index in [2.05, 4.69) is 208 Å². The van der Waals surface area contributed by atoms with Gasteiger partial charge in [0.25, 0.3) is 0 Å². The molecule has 12 rings (SSSR count). The standard InChI is InChI=1S/C83H81N3/c1-54-44-78(85-52-76(54)56-20-14-12-15-21-56)61-34-28-59(29-35-61)74-49-67(81(3,4)5)38-40-72(74)65-46-64(71-25-19-18-24-70(71)58-26-32-63(33-27-58)80-51-69(42-43-84-80)83(9,10)11)47-66(48-65)73-41-39-68(82(6,7)8)50-75(73)60-30-36-62(37-31-60)79-45-55(2)77(53-86-79)57-22-16-13-17-23-57/h12-45,49-53,64-66H,46-48H2,1-11H3/i12D,13D,14D,15D,16D,17D,20D,21D,22D,23D. The topological polar surface area (TPSA) is 38.7 Å². The molecule has 8 aromatic carbocycles. The molecule has 1 saturated carbocycles. The molecule has 3 nitrogen and oxygen atoms in total. The van der Waals surface area contributed by atoms with Gasteiger partial charge in [0.05, 0.1) is 30.8 Å². The van der Waals surface area contributed by atoms with Crippen molar-refractivity contribution in [2.45, 2.75) is 129 Å². The van der Waals surface area contributed by atoms with Gasteiger partial charge in [-0.1, -0.05) is 256 Å². The third-order valence-corrected chi connectivity index (χ3v) is 17.7. The zero-order valence-electron chi connectivity index (χ0n) is 61.4. The number of rotatable bonds is 11. The summed E-state index contributed by atoms with van der Waals surface area (Å²) in [5.41, 5.74) is 22.3. The monoisotopic (exact) mass is 1130 g/mol. The van der Waals surface area contributed by atoms with Gasteiger partial charge < -0.3 is 0 Å². The maximum atomic E-state index is 8.67. The first-order chi connectivity index (χ1) is 45.5.